The SMILES string of the molecule is CCNC(=NCc1cc(C)c(O)c(C)c1)NC1CCC(NC(=O)OC(C)(C)C)CC1.I. The summed E-state index contributed by atoms with van der Waals surface area (Å²) in [4.78, 5) is 16.7. The van der Waals surface area contributed by atoms with E-state index >= 15 is 0 Å². The smallest absolute Gasteiger partial charge is 0.407 e. The Labute approximate surface area is 203 Å². The first-order chi connectivity index (χ1) is 14.1. The maximum absolute atomic E-state index is 12.0. The summed E-state index contributed by atoms with van der Waals surface area (Å²) in [6.45, 7) is 12.8. The van der Waals surface area contributed by atoms with Gasteiger partial charge in [-0.1, -0.05) is 12.1 Å². The number of aromatic hydroxyl groups is 1. The van der Waals surface area contributed by atoms with Gasteiger partial charge in [-0.25, -0.2) is 9.79 Å². The molecule has 1 amide bonds. The molecular weight excluding hydrogens is 507 g/mol. The molecule has 31 heavy (non-hydrogen) atoms. The summed E-state index contributed by atoms with van der Waals surface area (Å²) in [5.41, 5.74) is 2.34. The normalized spacial score (nSPS) is 19.2. The number of carbonyl (C=O) groups is 1. The van der Waals surface area contributed by atoms with Crippen LogP contribution in [0, 0.1) is 13.8 Å². The molecule has 7 nitrogen and oxygen atoms in total. The number of benzene rings is 1. The third-order valence-corrected chi connectivity index (χ3v) is 5.10. The lowest BCUT2D eigenvalue weighted by molar-refractivity contribution is 0.0490. The minimum atomic E-state index is -0.478. The topological polar surface area (TPSA) is 95.0 Å². The Morgan fingerprint density at radius 2 is 1.61 bits per heavy atom. The number of rotatable bonds is 5. The van der Waals surface area contributed by atoms with E-state index in [1.54, 1.807) is 0 Å². The Morgan fingerprint density at radius 1 is 1.10 bits per heavy atom. The average molecular weight is 546 g/mol. The van der Waals surface area contributed by atoms with Gasteiger partial charge < -0.3 is 25.8 Å². The molecule has 0 atom stereocenters. The van der Waals surface area contributed by atoms with Gasteiger partial charge in [-0.3, -0.25) is 0 Å². The van der Waals surface area contributed by atoms with E-state index in [0.717, 1.165) is 54.9 Å². The van der Waals surface area contributed by atoms with E-state index in [1.165, 1.54) is 0 Å². The van der Waals surface area contributed by atoms with E-state index in [4.69, 9.17) is 9.73 Å². The summed E-state index contributed by atoms with van der Waals surface area (Å²) >= 11 is 0. The van der Waals surface area contributed by atoms with Gasteiger partial charge >= 0.3 is 6.09 Å². The molecule has 1 fully saturated rings. The van der Waals surface area contributed by atoms with Crippen molar-refractivity contribution in [3.63, 3.8) is 0 Å². The number of guanidine groups is 1. The van der Waals surface area contributed by atoms with Crippen molar-refractivity contribution in [2.75, 3.05) is 6.54 Å². The van der Waals surface area contributed by atoms with Crippen molar-refractivity contribution in [2.45, 2.75) is 91.5 Å². The van der Waals surface area contributed by atoms with Gasteiger partial charge in [0.25, 0.3) is 0 Å². The molecule has 8 heteroatoms. The molecule has 0 heterocycles. The maximum atomic E-state index is 12.0. The predicted molar refractivity (Wildman–Crippen MR) is 136 cm³/mol. The zero-order chi connectivity index (χ0) is 22.3. The zero-order valence-electron chi connectivity index (χ0n) is 19.7. The van der Waals surface area contributed by atoms with Crippen LogP contribution in [0.4, 0.5) is 4.79 Å². The molecule has 1 aromatic carbocycles. The van der Waals surface area contributed by atoms with Crippen LogP contribution < -0.4 is 16.0 Å². The second kappa shape index (κ2) is 12.4. The minimum absolute atomic E-state index is 0. The van der Waals surface area contributed by atoms with Crippen LogP contribution in [-0.4, -0.2) is 41.4 Å². The van der Waals surface area contributed by atoms with Crippen LogP contribution in [0.2, 0.25) is 0 Å². The quantitative estimate of drug-likeness (QED) is 0.248. The predicted octanol–water partition coefficient (Wildman–Crippen LogP) is 4.52. The van der Waals surface area contributed by atoms with Crippen molar-refractivity contribution in [2.24, 2.45) is 4.99 Å². The van der Waals surface area contributed by atoms with Crippen LogP contribution >= 0.6 is 24.0 Å². The fraction of sp³-hybridized carbons (Fsp3) is 0.652. The number of phenols is 1. The highest BCUT2D eigenvalue weighted by Gasteiger charge is 2.25. The van der Waals surface area contributed by atoms with E-state index < -0.39 is 5.60 Å². The summed E-state index contributed by atoms with van der Waals surface area (Å²) in [5.74, 6) is 1.15. The second-order valence-electron chi connectivity index (χ2n) is 9.11. The molecule has 1 aliphatic rings. The molecule has 0 saturated heterocycles. The van der Waals surface area contributed by atoms with Crippen LogP contribution in [0.25, 0.3) is 0 Å². The summed E-state index contributed by atoms with van der Waals surface area (Å²) in [7, 11) is 0. The number of hydrogen-bond acceptors (Lipinski definition) is 4. The molecule has 1 aromatic rings. The molecule has 2 rings (SSSR count). The number of aryl methyl sites for hydroxylation is 2. The molecular formula is C23H39IN4O3. The summed E-state index contributed by atoms with van der Waals surface area (Å²) in [5, 5.41) is 19.8. The summed E-state index contributed by atoms with van der Waals surface area (Å²) < 4.78 is 5.35. The number of nitrogens with one attached hydrogen (secondary N) is 3. The van der Waals surface area contributed by atoms with Gasteiger partial charge in [-0.2, -0.15) is 0 Å². The first kappa shape index (κ1) is 27.3. The van der Waals surface area contributed by atoms with Gasteiger partial charge in [0.15, 0.2) is 5.96 Å². The van der Waals surface area contributed by atoms with Crippen molar-refractivity contribution < 1.29 is 14.6 Å². The Hall–Kier alpha value is -1.71. The van der Waals surface area contributed by atoms with Crippen molar-refractivity contribution in [3.05, 3.63) is 28.8 Å². The number of aliphatic imine (C=N–C) groups is 1. The minimum Gasteiger partial charge on any atom is -0.507 e. The fourth-order valence-corrected chi connectivity index (χ4v) is 3.68. The average Bonchev–Trinajstić information content (AvgIpc) is 2.64. The highest BCUT2D eigenvalue weighted by Crippen LogP contribution is 2.23. The molecule has 1 aliphatic carbocycles. The lowest BCUT2D eigenvalue weighted by Gasteiger charge is -2.31. The highest BCUT2D eigenvalue weighted by atomic mass is 127. The number of nitrogens with zero attached hydrogens (tertiary/aromatic N) is 1. The van der Waals surface area contributed by atoms with Gasteiger partial charge in [0.2, 0.25) is 0 Å². The molecule has 176 valence electrons. The van der Waals surface area contributed by atoms with Crippen molar-refractivity contribution in [3.8, 4) is 5.75 Å². The number of amides is 1. The van der Waals surface area contributed by atoms with Gasteiger partial charge in [-0.05, 0) is 83.9 Å². The Kier molecular flexibility index (Phi) is 10.9. The molecule has 0 spiro atoms. The van der Waals surface area contributed by atoms with E-state index in [9.17, 15) is 9.90 Å². The number of alkyl carbamates (subject to hydrolysis) is 1. The first-order valence-corrected chi connectivity index (χ1v) is 10.9. The van der Waals surface area contributed by atoms with Crippen LogP contribution in [0.3, 0.4) is 0 Å². The van der Waals surface area contributed by atoms with E-state index in [0.29, 0.717) is 18.3 Å². The fourth-order valence-electron chi connectivity index (χ4n) is 3.68. The van der Waals surface area contributed by atoms with Crippen molar-refractivity contribution in [1.29, 1.82) is 0 Å². The summed E-state index contributed by atoms with van der Waals surface area (Å²) in [6, 6.07) is 4.43. The molecule has 0 bridgehead atoms. The Balaban J connectivity index is 0.00000480. The third kappa shape index (κ3) is 9.53. The summed E-state index contributed by atoms with van der Waals surface area (Å²) in [6.07, 6.45) is 3.40. The molecule has 0 aliphatic heterocycles. The molecule has 0 radical (unpaired) electrons. The maximum Gasteiger partial charge on any atom is 0.407 e. The van der Waals surface area contributed by atoms with Crippen molar-refractivity contribution >= 4 is 36.0 Å². The van der Waals surface area contributed by atoms with Crippen LogP contribution in [0.15, 0.2) is 17.1 Å². The van der Waals surface area contributed by atoms with Gasteiger partial charge in [0.05, 0.1) is 6.54 Å². The molecule has 1 saturated carbocycles. The number of halogens is 1. The van der Waals surface area contributed by atoms with E-state index in [-0.39, 0.29) is 36.1 Å². The molecule has 0 aromatic heterocycles. The second-order valence-corrected chi connectivity index (χ2v) is 9.11. The third-order valence-electron chi connectivity index (χ3n) is 5.10. The largest absolute Gasteiger partial charge is 0.507 e. The van der Waals surface area contributed by atoms with E-state index in [2.05, 4.69) is 16.0 Å². The first-order valence-electron chi connectivity index (χ1n) is 10.9. The number of phenolic OH excluding ortho intramolecular Hbond substituents is 1. The van der Waals surface area contributed by atoms with Gasteiger partial charge in [-0.15, -0.1) is 24.0 Å². The number of ether oxygens (including phenoxy) is 1. The van der Waals surface area contributed by atoms with Gasteiger partial charge in [0, 0.05) is 18.6 Å². The van der Waals surface area contributed by atoms with Crippen LogP contribution in [0.1, 0.15) is 70.1 Å². The highest BCUT2D eigenvalue weighted by molar-refractivity contribution is 14.0. The van der Waals surface area contributed by atoms with Crippen LogP contribution in [-0.2, 0) is 11.3 Å². The zero-order valence-corrected chi connectivity index (χ0v) is 22.0. The van der Waals surface area contributed by atoms with E-state index in [1.807, 2.05) is 53.7 Å². The monoisotopic (exact) mass is 546 g/mol. The Morgan fingerprint density at radius 3 is 2.10 bits per heavy atom. The lowest BCUT2D eigenvalue weighted by atomic mass is 9.91. The molecule has 4 N–H and O–H groups in total. The van der Waals surface area contributed by atoms with Gasteiger partial charge in [0.1, 0.15) is 11.4 Å². The van der Waals surface area contributed by atoms with Crippen molar-refractivity contribution in [1.82, 2.24) is 16.0 Å². The lowest BCUT2D eigenvalue weighted by Crippen LogP contribution is -2.48. The van der Waals surface area contributed by atoms with Crippen LogP contribution in [0.5, 0.6) is 5.75 Å². The standard InChI is InChI=1S/C23H38N4O3.HI/c1-7-24-21(25-14-17-12-15(2)20(28)16(3)13-17)26-18-8-10-19(11-9-18)27-22(29)30-23(4,5)6;/h12-13,18-19,28H,7-11,14H2,1-6H3,(H,27,29)(H2,24,25,26);1H. The Bertz CT molecular complexity index is 731. The number of carbonyl (C=O) groups excluding carboxylic acids is 1. The molecule has 0 unspecified atom stereocenters. The number of hydrogen-bond donors (Lipinski definition) is 4.